The van der Waals surface area contributed by atoms with Gasteiger partial charge in [0, 0.05) is 19.1 Å². The predicted molar refractivity (Wildman–Crippen MR) is 84.4 cm³/mol. The number of fused-ring (bicyclic) bond motifs is 1. The summed E-state index contributed by atoms with van der Waals surface area (Å²) in [7, 11) is 0. The Morgan fingerprint density at radius 3 is 2.52 bits per heavy atom. The van der Waals surface area contributed by atoms with Crippen molar-refractivity contribution in [3.63, 3.8) is 0 Å². The molecule has 1 aromatic rings. The quantitative estimate of drug-likeness (QED) is 0.862. The van der Waals surface area contributed by atoms with Crippen LogP contribution in [0.1, 0.15) is 57.3 Å². The average molecular weight is 289 g/mol. The molecule has 0 amide bonds. The van der Waals surface area contributed by atoms with Crippen LogP contribution in [0.25, 0.3) is 0 Å². The first-order valence-corrected chi connectivity index (χ1v) is 8.06. The van der Waals surface area contributed by atoms with Crippen LogP contribution in [-0.4, -0.2) is 40.8 Å². The van der Waals surface area contributed by atoms with Gasteiger partial charge in [0.25, 0.3) is 0 Å². The summed E-state index contributed by atoms with van der Waals surface area (Å²) in [5, 5.41) is 10.9. The number of benzene rings is 1. The second-order valence-corrected chi connectivity index (χ2v) is 7.40. The van der Waals surface area contributed by atoms with Crippen molar-refractivity contribution in [3.05, 3.63) is 35.4 Å². The molecular weight excluding hydrogens is 262 g/mol. The molecule has 0 aromatic heterocycles. The van der Waals surface area contributed by atoms with Crippen molar-refractivity contribution < 1.29 is 9.84 Å². The number of aliphatic hydroxyl groups is 1. The molecule has 4 unspecified atom stereocenters. The maximum absolute atomic E-state index is 10.9. The predicted octanol–water partition coefficient (Wildman–Crippen LogP) is 3.10. The third-order valence-electron chi connectivity index (χ3n) is 4.87. The molecule has 0 saturated carbocycles. The fourth-order valence-electron chi connectivity index (χ4n) is 4.16. The van der Waals surface area contributed by atoms with Gasteiger partial charge in [0.15, 0.2) is 0 Å². The zero-order chi connectivity index (χ0) is 15.2. The Morgan fingerprint density at radius 1 is 1.19 bits per heavy atom. The molecule has 1 N–H and O–H groups in total. The molecule has 1 saturated heterocycles. The lowest BCUT2D eigenvalue weighted by atomic mass is 9.78. The lowest BCUT2D eigenvalue weighted by Gasteiger charge is -2.48. The first-order valence-electron chi connectivity index (χ1n) is 8.06. The highest BCUT2D eigenvalue weighted by Gasteiger charge is 2.40. The van der Waals surface area contributed by atoms with Crippen molar-refractivity contribution in [3.8, 4) is 0 Å². The van der Waals surface area contributed by atoms with E-state index in [4.69, 9.17) is 4.74 Å². The van der Waals surface area contributed by atoms with Crippen molar-refractivity contribution in [2.75, 3.05) is 13.1 Å². The number of rotatable bonds is 1. The number of nitrogens with zero attached hydrogens (tertiary/aromatic N) is 1. The standard InChI is InChI=1S/C18H27NO2/c1-12-9-16(17(20)15-8-6-5-7-14(12)15)19-10-13(2)21-18(3,4)11-19/h5-8,12-13,16-17,20H,9-11H2,1-4H3. The Labute approximate surface area is 127 Å². The van der Waals surface area contributed by atoms with E-state index in [1.165, 1.54) is 5.56 Å². The Morgan fingerprint density at radius 2 is 1.86 bits per heavy atom. The van der Waals surface area contributed by atoms with E-state index in [-0.39, 0.29) is 17.7 Å². The molecule has 0 radical (unpaired) electrons. The summed E-state index contributed by atoms with van der Waals surface area (Å²) < 4.78 is 6.00. The molecule has 1 heterocycles. The van der Waals surface area contributed by atoms with Crippen LogP contribution < -0.4 is 0 Å². The highest BCUT2D eigenvalue weighted by Crippen LogP contribution is 2.40. The zero-order valence-electron chi connectivity index (χ0n) is 13.5. The lowest BCUT2D eigenvalue weighted by Crippen LogP contribution is -2.57. The van der Waals surface area contributed by atoms with Gasteiger partial charge in [-0.25, -0.2) is 0 Å². The largest absolute Gasteiger partial charge is 0.387 e. The molecular formula is C18H27NO2. The third-order valence-corrected chi connectivity index (χ3v) is 4.87. The fourth-order valence-corrected chi connectivity index (χ4v) is 4.16. The molecule has 0 spiro atoms. The SMILES string of the molecule is CC1CN(C2CC(C)c3ccccc3C2O)CC(C)(C)O1. The third kappa shape index (κ3) is 2.87. The van der Waals surface area contributed by atoms with Gasteiger partial charge in [-0.15, -0.1) is 0 Å². The molecule has 0 bridgehead atoms. The van der Waals surface area contributed by atoms with E-state index in [0.717, 1.165) is 25.1 Å². The molecule has 1 aromatic carbocycles. The van der Waals surface area contributed by atoms with Gasteiger partial charge >= 0.3 is 0 Å². The summed E-state index contributed by atoms with van der Waals surface area (Å²) in [6.45, 7) is 10.5. The van der Waals surface area contributed by atoms with Gasteiger partial charge < -0.3 is 9.84 Å². The van der Waals surface area contributed by atoms with Crippen molar-refractivity contribution in [1.29, 1.82) is 0 Å². The topological polar surface area (TPSA) is 32.7 Å². The molecule has 3 heteroatoms. The van der Waals surface area contributed by atoms with Crippen LogP contribution in [0.2, 0.25) is 0 Å². The molecule has 2 aliphatic rings. The average Bonchev–Trinajstić information content (AvgIpc) is 2.40. The molecule has 3 nitrogen and oxygen atoms in total. The number of morpholine rings is 1. The minimum absolute atomic E-state index is 0.141. The Kier molecular flexibility index (Phi) is 3.85. The minimum Gasteiger partial charge on any atom is -0.387 e. The highest BCUT2D eigenvalue weighted by atomic mass is 16.5. The highest BCUT2D eigenvalue weighted by molar-refractivity contribution is 5.35. The molecule has 21 heavy (non-hydrogen) atoms. The van der Waals surface area contributed by atoms with Crippen molar-refractivity contribution in [2.24, 2.45) is 0 Å². The Bertz CT molecular complexity index is 514. The summed E-state index contributed by atoms with van der Waals surface area (Å²) in [6.07, 6.45) is 0.841. The maximum Gasteiger partial charge on any atom is 0.0948 e. The van der Waals surface area contributed by atoms with E-state index in [1.54, 1.807) is 0 Å². The molecule has 1 fully saturated rings. The van der Waals surface area contributed by atoms with Crippen LogP contribution in [0.5, 0.6) is 0 Å². The van der Waals surface area contributed by atoms with Crippen molar-refractivity contribution in [2.45, 2.75) is 63.9 Å². The smallest absolute Gasteiger partial charge is 0.0948 e. The number of aliphatic hydroxyl groups excluding tert-OH is 1. The normalized spacial score (nSPS) is 36.2. The van der Waals surface area contributed by atoms with Crippen molar-refractivity contribution >= 4 is 0 Å². The zero-order valence-corrected chi connectivity index (χ0v) is 13.5. The number of hydrogen-bond acceptors (Lipinski definition) is 3. The summed E-state index contributed by atoms with van der Waals surface area (Å²) in [6, 6.07) is 8.54. The van der Waals surface area contributed by atoms with E-state index in [0.29, 0.717) is 5.92 Å². The second-order valence-electron chi connectivity index (χ2n) is 7.40. The van der Waals surface area contributed by atoms with Crippen LogP contribution >= 0.6 is 0 Å². The van der Waals surface area contributed by atoms with Crippen LogP contribution in [0, 0.1) is 0 Å². The first kappa shape index (κ1) is 15.0. The van der Waals surface area contributed by atoms with E-state index in [1.807, 2.05) is 6.07 Å². The Hall–Kier alpha value is -0.900. The van der Waals surface area contributed by atoms with Gasteiger partial charge in [-0.05, 0) is 44.2 Å². The van der Waals surface area contributed by atoms with Crippen LogP contribution in [-0.2, 0) is 4.74 Å². The number of hydrogen-bond donors (Lipinski definition) is 1. The number of ether oxygens (including phenoxy) is 1. The van der Waals surface area contributed by atoms with Crippen LogP contribution in [0.3, 0.4) is 0 Å². The minimum atomic E-state index is -0.390. The van der Waals surface area contributed by atoms with Crippen LogP contribution in [0.4, 0.5) is 0 Å². The van der Waals surface area contributed by atoms with Gasteiger partial charge in [0.2, 0.25) is 0 Å². The summed E-state index contributed by atoms with van der Waals surface area (Å²) >= 11 is 0. The summed E-state index contributed by atoms with van der Waals surface area (Å²) in [4.78, 5) is 2.44. The maximum atomic E-state index is 10.9. The molecule has 3 rings (SSSR count). The van der Waals surface area contributed by atoms with Crippen molar-refractivity contribution in [1.82, 2.24) is 4.90 Å². The van der Waals surface area contributed by atoms with Gasteiger partial charge in [0.05, 0.1) is 17.8 Å². The molecule has 4 atom stereocenters. The lowest BCUT2D eigenvalue weighted by molar-refractivity contribution is -0.149. The monoisotopic (exact) mass is 289 g/mol. The van der Waals surface area contributed by atoms with E-state index in [2.05, 4.69) is 50.8 Å². The van der Waals surface area contributed by atoms with Gasteiger partial charge in [0.1, 0.15) is 0 Å². The fraction of sp³-hybridized carbons (Fsp3) is 0.667. The summed E-state index contributed by atoms with van der Waals surface area (Å²) in [5.41, 5.74) is 2.28. The molecule has 116 valence electrons. The first-order chi connectivity index (χ1) is 9.87. The van der Waals surface area contributed by atoms with E-state index < -0.39 is 6.10 Å². The summed E-state index contributed by atoms with van der Waals surface area (Å²) in [5.74, 6) is 0.496. The van der Waals surface area contributed by atoms with Gasteiger partial charge in [-0.2, -0.15) is 0 Å². The molecule has 1 aliphatic carbocycles. The Balaban J connectivity index is 1.87. The van der Waals surface area contributed by atoms with Crippen LogP contribution in [0.15, 0.2) is 24.3 Å². The van der Waals surface area contributed by atoms with Gasteiger partial charge in [-0.3, -0.25) is 4.90 Å². The van der Waals surface area contributed by atoms with E-state index in [9.17, 15) is 5.11 Å². The molecule has 1 aliphatic heterocycles. The second kappa shape index (κ2) is 5.38. The van der Waals surface area contributed by atoms with Gasteiger partial charge in [-0.1, -0.05) is 31.2 Å². The van der Waals surface area contributed by atoms with E-state index >= 15 is 0 Å².